The molecule has 4 saturated carbocycles. The lowest BCUT2D eigenvalue weighted by Crippen LogP contribution is -2.52. The van der Waals surface area contributed by atoms with E-state index in [2.05, 4.69) is 35.7 Å². The van der Waals surface area contributed by atoms with Gasteiger partial charge in [0.1, 0.15) is 6.61 Å². The molecule has 1 heterocycles. The topological polar surface area (TPSA) is 60.5 Å². The minimum Gasteiger partial charge on any atom is -0.395 e. The monoisotopic (exact) mass is 411 g/mol. The van der Waals surface area contributed by atoms with Crippen LogP contribution in [0.2, 0.25) is 0 Å². The smallest absolute Gasteiger partial charge is 0.230 e. The molecule has 0 amide bonds. The predicted octanol–water partition coefficient (Wildman–Crippen LogP) is 5.89. The van der Waals surface area contributed by atoms with E-state index in [0.29, 0.717) is 35.6 Å². The molecule has 30 heavy (non-hydrogen) atoms. The van der Waals surface area contributed by atoms with E-state index in [1.54, 1.807) is 5.57 Å². The summed E-state index contributed by atoms with van der Waals surface area (Å²) in [4.78, 5) is 9.86. The average molecular weight is 412 g/mol. The lowest BCUT2D eigenvalue weighted by Gasteiger charge is -2.60. The van der Waals surface area contributed by atoms with E-state index in [9.17, 15) is 0 Å². The number of oxime groups is 1. The fourth-order valence-corrected chi connectivity index (χ4v) is 7.76. The third kappa shape index (κ3) is 3.23. The first-order chi connectivity index (χ1) is 14.4. The number of nitrogens with zero attached hydrogens (tertiary/aromatic N) is 3. The second-order valence-electron chi connectivity index (χ2n) is 10.9. The van der Waals surface area contributed by atoms with E-state index in [0.717, 1.165) is 36.5 Å². The number of fused-ring (bicyclic) bond motifs is 5. The Hall–Kier alpha value is -1.65. The maximum Gasteiger partial charge on any atom is 0.230 e. The Bertz CT molecular complexity index is 845. The van der Waals surface area contributed by atoms with Crippen LogP contribution in [-0.4, -0.2) is 22.5 Å². The van der Waals surface area contributed by atoms with E-state index < -0.39 is 0 Å². The van der Waals surface area contributed by atoms with Crippen LogP contribution in [0.15, 0.2) is 21.8 Å². The number of hydrogen-bond donors (Lipinski definition) is 0. The Labute approximate surface area is 180 Å². The van der Waals surface area contributed by atoms with Crippen LogP contribution in [0.4, 0.5) is 0 Å². The minimum absolute atomic E-state index is 0.427. The van der Waals surface area contributed by atoms with Crippen LogP contribution >= 0.6 is 0 Å². The molecule has 6 atom stereocenters. The van der Waals surface area contributed by atoms with Gasteiger partial charge in [0.2, 0.25) is 5.89 Å². The molecule has 4 aliphatic carbocycles. The molecule has 4 aliphatic rings. The van der Waals surface area contributed by atoms with Gasteiger partial charge in [0.05, 0.1) is 12.1 Å². The van der Waals surface area contributed by atoms with Crippen molar-refractivity contribution in [3.63, 3.8) is 0 Å². The van der Waals surface area contributed by atoms with Crippen LogP contribution in [0.1, 0.15) is 83.3 Å². The van der Waals surface area contributed by atoms with E-state index in [-0.39, 0.29) is 0 Å². The van der Waals surface area contributed by atoms with Gasteiger partial charge in [-0.1, -0.05) is 36.3 Å². The van der Waals surface area contributed by atoms with Crippen molar-refractivity contribution in [2.24, 2.45) is 39.7 Å². The highest BCUT2D eigenvalue weighted by Crippen LogP contribution is 2.66. The standard InChI is InChI=1S/C25H37N3O2/c1-16-5-8-21-20-7-6-18-15-19(28-29-14-11-23-26-17(2)27-30-23)9-12-25(18,4)22(20)10-13-24(16,21)3/h18,20-22H,1,5-15H2,2-4H3/t18?,20?,21?,22?,24-,25+/m1/s1. The second kappa shape index (κ2) is 7.49. The molecule has 4 unspecified atom stereocenters. The van der Waals surface area contributed by atoms with Crippen molar-refractivity contribution in [1.82, 2.24) is 10.1 Å². The van der Waals surface area contributed by atoms with Crippen molar-refractivity contribution >= 4 is 5.71 Å². The van der Waals surface area contributed by atoms with Crippen molar-refractivity contribution < 1.29 is 9.36 Å². The van der Waals surface area contributed by atoms with Gasteiger partial charge < -0.3 is 9.36 Å². The lowest BCUT2D eigenvalue weighted by atomic mass is 9.45. The van der Waals surface area contributed by atoms with Crippen LogP contribution in [0.25, 0.3) is 0 Å². The van der Waals surface area contributed by atoms with Gasteiger partial charge >= 0.3 is 0 Å². The van der Waals surface area contributed by atoms with Crippen LogP contribution in [0.3, 0.4) is 0 Å². The van der Waals surface area contributed by atoms with Crippen LogP contribution in [0.5, 0.6) is 0 Å². The van der Waals surface area contributed by atoms with E-state index in [1.165, 1.54) is 50.7 Å². The largest absolute Gasteiger partial charge is 0.395 e. The molecule has 5 nitrogen and oxygen atoms in total. The molecule has 1 aromatic heterocycles. The lowest BCUT2D eigenvalue weighted by molar-refractivity contribution is -0.0859. The predicted molar refractivity (Wildman–Crippen MR) is 117 cm³/mol. The molecule has 164 valence electrons. The Balaban J connectivity index is 1.21. The number of hydrogen-bond acceptors (Lipinski definition) is 5. The van der Waals surface area contributed by atoms with Crippen molar-refractivity contribution in [2.75, 3.05) is 6.61 Å². The van der Waals surface area contributed by atoms with Gasteiger partial charge in [-0.3, -0.25) is 0 Å². The number of allylic oxidation sites excluding steroid dienone is 1. The number of aromatic nitrogens is 2. The second-order valence-corrected chi connectivity index (χ2v) is 10.9. The summed E-state index contributed by atoms with van der Waals surface area (Å²) in [5.41, 5.74) is 3.71. The zero-order valence-electron chi connectivity index (χ0n) is 19.0. The summed E-state index contributed by atoms with van der Waals surface area (Å²) in [6.45, 7) is 11.9. The van der Waals surface area contributed by atoms with E-state index >= 15 is 0 Å². The van der Waals surface area contributed by atoms with Gasteiger partial charge in [-0.25, -0.2) is 0 Å². The number of rotatable bonds is 4. The molecular weight excluding hydrogens is 374 g/mol. The van der Waals surface area contributed by atoms with Crippen molar-refractivity contribution in [1.29, 1.82) is 0 Å². The Morgan fingerprint density at radius 3 is 2.80 bits per heavy atom. The van der Waals surface area contributed by atoms with Gasteiger partial charge in [-0.15, -0.1) is 0 Å². The zero-order valence-corrected chi connectivity index (χ0v) is 19.0. The highest BCUT2D eigenvalue weighted by atomic mass is 16.6. The Morgan fingerprint density at radius 2 is 2.00 bits per heavy atom. The average Bonchev–Trinajstić information content (AvgIpc) is 3.28. The van der Waals surface area contributed by atoms with Gasteiger partial charge in [0.15, 0.2) is 5.82 Å². The third-order valence-corrected chi connectivity index (χ3v) is 9.62. The highest BCUT2D eigenvalue weighted by molar-refractivity contribution is 5.85. The van der Waals surface area contributed by atoms with Crippen molar-refractivity contribution in [3.05, 3.63) is 23.9 Å². The highest BCUT2D eigenvalue weighted by Gasteiger charge is 2.58. The fourth-order valence-electron chi connectivity index (χ4n) is 7.76. The Morgan fingerprint density at radius 1 is 1.13 bits per heavy atom. The molecule has 0 aromatic carbocycles. The molecular formula is C25H37N3O2. The summed E-state index contributed by atoms with van der Waals surface area (Å²) < 4.78 is 5.14. The van der Waals surface area contributed by atoms with Crippen LogP contribution < -0.4 is 0 Å². The third-order valence-electron chi connectivity index (χ3n) is 9.62. The normalized spacial score (nSPS) is 42.0. The number of aryl methyl sites for hydroxylation is 1. The van der Waals surface area contributed by atoms with Crippen molar-refractivity contribution in [3.8, 4) is 0 Å². The molecule has 0 saturated heterocycles. The maximum absolute atomic E-state index is 5.64. The molecule has 0 radical (unpaired) electrons. The molecule has 5 heteroatoms. The van der Waals surface area contributed by atoms with Crippen LogP contribution in [0, 0.1) is 41.4 Å². The minimum atomic E-state index is 0.427. The van der Waals surface area contributed by atoms with Gasteiger partial charge in [-0.05, 0) is 99.2 Å². The summed E-state index contributed by atoms with van der Waals surface area (Å²) in [6, 6.07) is 0. The van der Waals surface area contributed by atoms with Gasteiger partial charge in [0.25, 0.3) is 0 Å². The van der Waals surface area contributed by atoms with Crippen molar-refractivity contribution in [2.45, 2.75) is 85.0 Å². The zero-order chi connectivity index (χ0) is 20.9. The van der Waals surface area contributed by atoms with E-state index in [1.807, 2.05) is 6.92 Å². The molecule has 4 fully saturated rings. The van der Waals surface area contributed by atoms with E-state index in [4.69, 9.17) is 9.36 Å². The maximum atomic E-state index is 5.64. The summed E-state index contributed by atoms with van der Waals surface area (Å²) in [5.74, 6) is 4.75. The molecule has 0 spiro atoms. The molecule has 0 bridgehead atoms. The summed E-state index contributed by atoms with van der Waals surface area (Å²) in [6.07, 6.45) is 12.3. The molecule has 1 aromatic rings. The first-order valence-electron chi connectivity index (χ1n) is 12.1. The SMILES string of the molecule is C=C1CCC2C3CCC4CC(=NOCCc5nc(C)no5)CC[C@]4(C)C3CC[C@]12C. The van der Waals surface area contributed by atoms with Gasteiger partial charge in [-0.2, -0.15) is 4.98 Å². The first kappa shape index (κ1) is 20.3. The fraction of sp³-hybridized carbons (Fsp3) is 0.800. The Kier molecular flexibility index (Phi) is 5.06. The van der Waals surface area contributed by atoms with Crippen LogP contribution in [-0.2, 0) is 11.3 Å². The quantitative estimate of drug-likeness (QED) is 0.352. The summed E-state index contributed by atoms with van der Waals surface area (Å²) in [7, 11) is 0. The summed E-state index contributed by atoms with van der Waals surface area (Å²) in [5, 5.41) is 8.34. The van der Waals surface area contributed by atoms with Gasteiger partial charge in [0, 0.05) is 0 Å². The molecule has 0 aliphatic heterocycles. The first-order valence-corrected chi connectivity index (χ1v) is 12.1. The summed E-state index contributed by atoms with van der Waals surface area (Å²) >= 11 is 0. The molecule has 5 rings (SSSR count). The molecule has 0 N–H and O–H groups in total.